The van der Waals surface area contributed by atoms with Gasteiger partial charge in [0.05, 0.1) is 11.6 Å². The first kappa shape index (κ1) is 15.0. The molecule has 3 unspecified atom stereocenters. The molecule has 1 aromatic carbocycles. The molecule has 0 aliphatic heterocycles. The van der Waals surface area contributed by atoms with Gasteiger partial charge in [0.1, 0.15) is 5.75 Å². The SMILES string of the molecule is CCOc1ccc(NC2CC3CCC2(C)C3(C)C)cc1Cl. The van der Waals surface area contributed by atoms with Gasteiger partial charge < -0.3 is 10.1 Å². The fourth-order valence-electron chi connectivity index (χ4n) is 4.49. The largest absolute Gasteiger partial charge is 0.492 e. The van der Waals surface area contributed by atoms with Gasteiger partial charge >= 0.3 is 0 Å². The zero-order valence-corrected chi connectivity index (χ0v) is 14.3. The minimum absolute atomic E-state index is 0.378. The molecule has 3 rings (SSSR count). The van der Waals surface area contributed by atoms with Crippen molar-refractivity contribution in [2.24, 2.45) is 16.7 Å². The van der Waals surface area contributed by atoms with Gasteiger partial charge in [-0.05, 0) is 61.1 Å². The summed E-state index contributed by atoms with van der Waals surface area (Å²) in [5.41, 5.74) is 1.92. The van der Waals surface area contributed by atoms with E-state index in [2.05, 4.69) is 32.2 Å². The van der Waals surface area contributed by atoms with E-state index in [1.807, 2.05) is 19.1 Å². The summed E-state index contributed by atoms with van der Waals surface area (Å²) in [7, 11) is 0. The average Bonchev–Trinajstić information content (AvgIpc) is 2.75. The topological polar surface area (TPSA) is 21.3 Å². The summed E-state index contributed by atoms with van der Waals surface area (Å²) in [6.45, 7) is 9.95. The first-order valence-electron chi connectivity index (χ1n) is 8.07. The van der Waals surface area contributed by atoms with Gasteiger partial charge in [0, 0.05) is 11.7 Å². The quantitative estimate of drug-likeness (QED) is 0.808. The third kappa shape index (κ3) is 2.23. The summed E-state index contributed by atoms with van der Waals surface area (Å²) in [6, 6.07) is 6.59. The highest BCUT2D eigenvalue weighted by Crippen LogP contribution is 2.65. The van der Waals surface area contributed by atoms with Gasteiger partial charge in [-0.25, -0.2) is 0 Å². The second-order valence-electron chi connectivity index (χ2n) is 7.39. The maximum Gasteiger partial charge on any atom is 0.138 e. The molecule has 3 atom stereocenters. The van der Waals surface area contributed by atoms with Crippen LogP contribution in [0.25, 0.3) is 0 Å². The molecule has 0 spiro atoms. The van der Waals surface area contributed by atoms with Gasteiger partial charge in [0.25, 0.3) is 0 Å². The van der Waals surface area contributed by atoms with E-state index in [1.54, 1.807) is 0 Å². The highest BCUT2D eigenvalue weighted by molar-refractivity contribution is 6.32. The summed E-state index contributed by atoms with van der Waals surface area (Å²) in [5, 5.41) is 4.43. The number of anilines is 1. The van der Waals surface area contributed by atoms with Crippen LogP contribution in [-0.4, -0.2) is 12.6 Å². The molecular formula is C18H26ClNO. The molecule has 21 heavy (non-hydrogen) atoms. The molecule has 3 heteroatoms. The van der Waals surface area contributed by atoms with E-state index in [0.29, 0.717) is 28.5 Å². The molecule has 0 amide bonds. The van der Waals surface area contributed by atoms with E-state index in [1.165, 1.54) is 19.3 Å². The lowest BCUT2D eigenvalue weighted by Gasteiger charge is -2.40. The van der Waals surface area contributed by atoms with Gasteiger partial charge in [0.15, 0.2) is 0 Å². The van der Waals surface area contributed by atoms with Crippen LogP contribution >= 0.6 is 11.6 Å². The fraction of sp³-hybridized carbons (Fsp3) is 0.667. The van der Waals surface area contributed by atoms with Crippen molar-refractivity contribution >= 4 is 17.3 Å². The normalized spacial score (nSPS) is 33.2. The molecule has 0 aromatic heterocycles. The fourth-order valence-corrected chi connectivity index (χ4v) is 4.72. The van der Waals surface area contributed by atoms with E-state index in [4.69, 9.17) is 16.3 Å². The van der Waals surface area contributed by atoms with Crippen molar-refractivity contribution in [2.75, 3.05) is 11.9 Å². The molecule has 1 N–H and O–H groups in total. The molecule has 2 fully saturated rings. The Morgan fingerprint density at radius 2 is 2.10 bits per heavy atom. The van der Waals surface area contributed by atoms with Crippen LogP contribution in [0.5, 0.6) is 5.75 Å². The minimum atomic E-state index is 0.378. The smallest absolute Gasteiger partial charge is 0.138 e. The van der Waals surface area contributed by atoms with E-state index >= 15 is 0 Å². The third-order valence-corrected chi connectivity index (χ3v) is 6.66. The van der Waals surface area contributed by atoms with Crippen molar-refractivity contribution in [3.05, 3.63) is 23.2 Å². The Kier molecular flexibility index (Phi) is 3.64. The monoisotopic (exact) mass is 307 g/mol. The zero-order valence-electron chi connectivity index (χ0n) is 13.5. The standard InChI is InChI=1S/C18H26ClNO/c1-5-21-15-7-6-13(11-14(15)19)20-16-10-12-8-9-18(16,4)17(12,2)3/h6-7,11-12,16,20H,5,8-10H2,1-4H3. The van der Waals surface area contributed by atoms with Crippen molar-refractivity contribution in [3.8, 4) is 5.75 Å². The molecule has 0 saturated heterocycles. The van der Waals surface area contributed by atoms with Gasteiger partial charge in [0.2, 0.25) is 0 Å². The number of benzene rings is 1. The molecule has 2 saturated carbocycles. The number of hydrogen-bond donors (Lipinski definition) is 1. The minimum Gasteiger partial charge on any atom is -0.492 e. The zero-order chi connectivity index (χ0) is 15.3. The van der Waals surface area contributed by atoms with E-state index in [-0.39, 0.29) is 0 Å². The second kappa shape index (κ2) is 5.08. The lowest BCUT2D eigenvalue weighted by Crippen LogP contribution is -2.40. The summed E-state index contributed by atoms with van der Waals surface area (Å²) in [4.78, 5) is 0. The number of rotatable bonds is 4. The lowest BCUT2D eigenvalue weighted by molar-refractivity contribution is 0.142. The number of fused-ring (bicyclic) bond motifs is 2. The van der Waals surface area contributed by atoms with Crippen molar-refractivity contribution in [1.82, 2.24) is 0 Å². The van der Waals surface area contributed by atoms with E-state index < -0.39 is 0 Å². The summed E-state index contributed by atoms with van der Waals surface area (Å²) in [5.74, 6) is 1.61. The predicted octanol–water partition coefficient (Wildman–Crippen LogP) is 5.37. The molecule has 2 nitrogen and oxygen atoms in total. The predicted molar refractivity (Wildman–Crippen MR) is 89.3 cm³/mol. The van der Waals surface area contributed by atoms with Crippen LogP contribution in [-0.2, 0) is 0 Å². The van der Waals surface area contributed by atoms with Crippen LogP contribution in [0, 0.1) is 16.7 Å². The Balaban J connectivity index is 1.78. The number of halogens is 1. The summed E-state index contributed by atoms with van der Waals surface area (Å²) < 4.78 is 5.50. The van der Waals surface area contributed by atoms with Crippen molar-refractivity contribution in [1.29, 1.82) is 0 Å². The molecule has 0 heterocycles. The molecule has 0 radical (unpaired) electrons. The van der Waals surface area contributed by atoms with Crippen molar-refractivity contribution in [2.45, 2.75) is 53.0 Å². The van der Waals surface area contributed by atoms with Gasteiger partial charge in [-0.2, -0.15) is 0 Å². The summed E-state index contributed by atoms with van der Waals surface area (Å²) in [6.07, 6.45) is 3.98. The highest BCUT2D eigenvalue weighted by atomic mass is 35.5. The molecule has 1 aromatic rings. The van der Waals surface area contributed by atoms with Crippen LogP contribution in [0.15, 0.2) is 18.2 Å². The molecule has 2 bridgehead atoms. The Bertz CT molecular complexity index is 542. The van der Waals surface area contributed by atoms with Crippen LogP contribution in [0.1, 0.15) is 47.0 Å². The lowest BCUT2D eigenvalue weighted by atomic mass is 9.69. The van der Waals surface area contributed by atoms with Crippen molar-refractivity contribution in [3.63, 3.8) is 0 Å². The molecule has 2 aliphatic rings. The first-order chi connectivity index (χ1) is 9.88. The van der Waals surface area contributed by atoms with Crippen LogP contribution < -0.4 is 10.1 Å². The maximum atomic E-state index is 6.30. The Labute approximate surface area is 133 Å². The number of hydrogen-bond acceptors (Lipinski definition) is 2. The Morgan fingerprint density at radius 3 is 2.62 bits per heavy atom. The summed E-state index contributed by atoms with van der Waals surface area (Å²) >= 11 is 6.30. The van der Waals surface area contributed by atoms with Gasteiger partial charge in [-0.3, -0.25) is 0 Å². The van der Waals surface area contributed by atoms with Crippen molar-refractivity contribution < 1.29 is 4.74 Å². The van der Waals surface area contributed by atoms with E-state index in [0.717, 1.165) is 17.4 Å². The molecule has 116 valence electrons. The van der Waals surface area contributed by atoms with Gasteiger partial charge in [-0.15, -0.1) is 0 Å². The Morgan fingerprint density at radius 1 is 1.33 bits per heavy atom. The highest BCUT2D eigenvalue weighted by Gasteiger charge is 2.61. The second-order valence-corrected chi connectivity index (χ2v) is 7.79. The third-order valence-electron chi connectivity index (χ3n) is 6.37. The van der Waals surface area contributed by atoms with Crippen LogP contribution in [0.3, 0.4) is 0 Å². The van der Waals surface area contributed by atoms with E-state index in [9.17, 15) is 0 Å². The van der Waals surface area contributed by atoms with Crippen LogP contribution in [0.2, 0.25) is 5.02 Å². The Hall–Kier alpha value is -0.890. The number of ether oxygens (including phenoxy) is 1. The maximum absolute atomic E-state index is 6.30. The molecule has 2 aliphatic carbocycles. The molecular weight excluding hydrogens is 282 g/mol. The van der Waals surface area contributed by atoms with Crippen LogP contribution in [0.4, 0.5) is 5.69 Å². The average molecular weight is 308 g/mol. The van der Waals surface area contributed by atoms with Gasteiger partial charge in [-0.1, -0.05) is 32.4 Å². The number of nitrogens with one attached hydrogen (secondary N) is 1. The first-order valence-corrected chi connectivity index (χ1v) is 8.45.